The molecule has 3 heteroatoms. The van der Waals surface area contributed by atoms with Gasteiger partial charge in [-0.1, -0.05) is 49.4 Å². The first-order valence-corrected chi connectivity index (χ1v) is 6.74. The summed E-state index contributed by atoms with van der Waals surface area (Å²) in [5.74, 6) is 0.640. The van der Waals surface area contributed by atoms with E-state index in [1.54, 1.807) is 11.3 Å². The van der Waals surface area contributed by atoms with Gasteiger partial charge in [-0.3, -0.25) is 0 Å². The predicted octanol–water partition coefficient (Wildman–Crippen LogP) is 4.19. The maximum Gasteiger partial charge on any atom is 0.183 e. The Bertz CT molecular complexity index is 488. The number of nitrogens with one attached hydrogen (secondary N) is 1. The summed E-state index contributed by atoms with van der Waals surface area (Å²) < 4.78 is 0. The maximum atomic E-state index is 4.41. The molecule has 1 heterocycles. The topological polar surface area (TPSA) is 24.9 Å². The molecule has 0 radical (unpaired) electrons. The SMILES string of the molecule is Cc1ccccc1-c1cnc(NCC(C)C)s1. The number of thiazole rings is 1. The standard InChI is InChI=1S/C14H18N2S/c1-10(2)8-15-14-16-9-13(17-14)12-7-5-4-6-11(12)3/h4-7,9-10H,8H2,1-3H3,(H,15,16). The Hall–Kier alpha value is -1.35. The molecule has 0 bridgehead atoms. The lowest BCUT2D eigenvalue weighted by Crippen LogP contribution is -2.07. The third-order valence-electron chi connectivity index (χ3n) is 2.58. The highest BCUT2D eigenvalue weighted by Gasteiger charge is 2.06. The van der Waals surface area contributed by atoms with E-state index in [4.69, 9.17) is 0 Å². The zero-order valence-corrected chi connectivity index (χ0v) is 11.3. The fourth-order valence-electron chi connectivity index (χ4n) is 1.62. The van der Waals surface area contributed by atoms with Crippen molar-refractivity contribution in [2.45, 2.75) is 20.8 Å². The van der Waals surface area contributed by atoms with E-state index >= 15 is 0 Å². The van der Waals surface area contributed by atoms with Gasteiger partial charge >= 0.3 is 0 Å². The smallest absolute Gasteiger partial charge is 0.183 e. The number of anilines is 1. The number of nitrogens with zero attached hydrogens (tertiary/aromatic N) is 1. The quantitative estimate of drug-likeness (QED) is 0.875. The molecule has 0 atom stereocenters. The molecule has 17 heavy (non-hydrogen) atoms. The molecular weight excluding hydrogens is 228 g/mol. The summed E-state index contributed by atoms with van der Waals surface area (Å²) in [5.41, 5.74) is 2.58. The lowest BCUT2D eigenvalue weighted by atomic mass is 10.1. The minimum absolute atomic E-state index is 0.640. The molecule has 0 unspecified atom stereocenters. The Labute approximate surface area is 107 Å². The zero-order chi connectivity index (χ0) is 12.3. The van der Waals surface area contributed by atoms with Crippen molar-refractivity contribution in [1.29, 1.82) is 0 Å². The first-order chi connectivity index (χ1) is 8.16. The largest absolute Gasteiger partial charge is 0.361 e. The van der Waals surface area contributed by atoms with Gasteiger partial charge in [-0.15, -0.1) is 0 Å². The minimum Gasteiger partial charge on any atom is -0.361 e. The van der Waals surface area contributed by atoms with Crippen molar-refractivity contribution in [3.8, 4) is 10.4 Å². The Morgan fingerprint density at radius 3 is 2.76 bits per heavy atom. The van der Waals surface area contributed by atoms with Gasteiger partial charge in [0.15, 0.2) is 5.13 Å². The van der Waals surface area contributed by atoms with Crippen molar-refractivity contribution < 1.29 is 0 Å². The first kappa shape index (κ1) is 12.1. The summed E-state index contributed by atoms with van der Waals surface area (Å²) >= 11 is 1.72. The van der Waals surface area contributed by atoms with Crippen LogP contribution in [0.3, 0.4) is 0 Å². The van der Waals surface area contributed by atoms with Crippen molar-refractivity contribution in [2.24, 2.45) is 5.92 Å². The van der Waals surface area contributed by atoms with Crippen molar-refractivity contribution in [1.82, 2.24) is 4.98 Å². The van der Waals surface area contributed by atoms with E-state index in [9.17, 15) is 0 Å². The average Bonchev–Trinajstić information content (AvgIpc) is 2.75. The van der Waals surface area contributed by atoms with E-state index < -0.39 is 0 Å². The highest BCUT2D eigenvalue weighted by Crippen LogP contribution is 2.30. The van der Waals surface area contributed by atoms with Crippen LogP contribution in [-0.4, -0.2) is 11.5 Å². The minimum atomic E-state index is 0.640. The fourth-order valence-corrected chi connectivity index (χ4v) is 2.53. The van der Waals surface area contributed by atoms with Gasteiger partial charge in [-0.25, -0.2) is 4.98 Å². The number of aromatic nitrogens is 1. The number of hydrogen-bond donors (Lipinski definition) is 1. The monoisotopic (exact) mass is 246 g/mol. The number of hydrogen-bond acceptors (Lipinski definition) is 3. The molecule has 0 aliphatic carbocycles. The van der Waals surface area contributed by atoms with Crippen molar-refractivity contribution in [3.05, 3.63) is 36.0 Å². The van der Waals surface area contributed by atoms with Gasteiger partial charge in [0, 0.05) is 12.7 Å². The van der Waals surface area contributed by atoms with Gasteiger partial charge in [-0.05, 0) is 24.0 Å². The summed E-state index contributed by atoms with van der Waals surface area (Å²) in [6.07, 6.45) is 1.95. The second-order valence-electron chi connectivity index (χ2n) is 4.62. The third kappa shape index (κ3) is 3.07. The van der Waals surface area contributed by atoms with Crippen LogP contribution in [0.4, 0.5) is 5.13 Å². The molecule has 0 fully saturated rings. The lowest BCUT2D eigenvalue weighted by molar-refractivity contribution is 0.688. The van der Waals surface area contributed by atoms with E-state index in [0.29, 0.717) is 5.92 Å². The summed E-state index contributed by atoms with van der Waals surface area (Å²) in [5, 5.41) is 4.37. The lowest BCUT2D eigenvalue weighted by Gasteiger charge is -2.04. The molecule has 1 aromatic heterocycles. The van der Waals surface area contributed by atoms with Crippen LogP contribution in [-0.2, 0) is 0 Å². The Balaban J connectivity index is 2.16. The van der Waals surface area contributed by atoms with Crippen LogP contribution in [0, 0.1) is 12.8 Å². The van der Waals surface area contributed by atoms with Crippen molar-refractivity contribution in [3.63, 3.8) is 0 Å². The average molecular weight is 246 g/mol. The molecule has 0 saturated heterocycles. The molecule has 2 nitrogen and oxygen atoms in total. The van der Waals surface area contributed by atoms with Gasteiger partial charge < -0.3 is 5.32 Å². The van der Waals surface area contributed by atoms with E-state index in [0.717, 1.165) is 11.7 Å². The Morgan fingerprint density at radius 2 is 2.06 bits per heavy atom. The molecule has 0 saturated carbocycles. The number of aryl methyl sites for hydroxylation is 1. The molecule has 0 aliphatic rings. The van der Waals surface area contributed by atoms with Gasteiger partial charge in [0.05, 0.1) is 4.88 Å². The summed E-state index contributed by atoms with van der Waals surface area (Å²) in [4.78, 5) is 5.64. The van der Waals surface area contributed by atoms with E-state index in [1.807, 2.05) is 6.20 Å². The maximum absolute atomic E-state index is 4.41. The van der Waals surface area contributed by atoms with Crippen LogP contribution in [0.2, 0.25) is 0 Å². The molecule has 1 aromatic carbocycles. The molecule has 0 aliphatic heterocycles. The Morgan fingerprint density at radius 1 is 1.29 bits per heavy atom. The van der Waals surface area contributed by atoms with Crippen LogP contribution >= 0.6 is 11.3 Å². The third-order valence-corrected chi connectivity index (χ3v) is 3.57. The molecular formula is C14H18N2S. The molecule has 1 N–H and O–H groups in total. The molecule has 2 rings (SSSR count). The zero-order valence-electron chi connectivity index (χ0n) is 10.5. The van der Waals surface area contributed by atoms with E-state index in [1.165, 1.54) is 16.0 Å². The number of rotatable bonds is 4. The van der Waals surface area contributed by atoms with Gasteiger partial charge in [0.1, 0.15) is 0 Å². The fraction of sp³-hybridized carbons (Fsp3) is 0.357. The van der Waals surface area contributed by atoms with Gasteiger partial charge in [0.25, 0.3) is 0 Å². The summed E-state index contributed by atoms with van der Waals surface area (Å²) in [6.45, 7) is 7.50. The molecule has 90 valence electrons. The summed E-state index contributed by atoms with van der Waals surface area (Å²) in [6, 6.07) is 8.42. The predicted molar refractivity (Wildman–Crippen MR) is 75.6 cm³/mol. The normalized spacial score (nSPS) is 10.8. The Kier molecular flexibility index (Phi) is 3.79. The van der Waals surface area contributed by atoms with Crippen LogP contribution in [0.1, 0.15) is 19.4 Å². The van der Waals surface area contributed by atoms with Crippen LogP contribution in [0.5, 0.6) is 0 Å². The molecule has 0 spiro atoms. The van der Waals surface area contributed by atoms with Crippen molar-refractivity contribution >= 4 is 16.5 Å². The van der Waals surface area contributed by atoms with Crippen LogP contribution in [0.25, 0.3) is 10.4 Å². The van der Waals surface area contributed by atoms with E-state index in [2.05, 4.69) is 55.3 Å². The number of benzene rings is 1. The van der Waals surface area contributed by atoms with Crippen LogP contribution < -0.4 is 5.32 Å². The second kappa shape index (κ2) is 5.32. The molecule has 2 aromatic rings. The van der Waals surface area contributed by atoms with Crippen LogP contribution in [0.15, 0.2) is 30.5 Å². The summed E-state index contributed by atoms with van der Waals surface area (Å²) in [7, 11) is 0. The highest BCUT2D eigenvalue weighted by molar-refractivity contribution is 7.18. The first-order valence-electron chi connectivity index (χ1n) is 5.92. The second-order valence-corrected chi connectivity index (χ2v) is 5.65. The van der Waals surface area contributed by atoms with Crippen molar-refractivity contribution in [2.75, 3.05) is 11.9 Å². The highest BCUT2D eigenvalue weighted by atomic mass is 32.1. The van der Waals surface area contributed by atoms with Gasteiger partial charge in [0.2, 0.25) is 0 Å². The molecule has 0 amide bonds. The van der Waals surface area contributed by atoms with E-state index in [-0.39, 0.29) is 0 Å². The van der Waals surface area contributed by atoms with Gasteiger partial charge in [-0.2, -0.15) is 0 Å².